The molecule has 0 saturated heterocycles. The van der Waals surface area contributed by atoms with E-state index >= 15 is 0 Å². The van der Waals surface area contributed by atoms with Gasteiger partial charge in [0.1, 0.15) is 17.5 Å². The number of carbonyl (C=O) groups is 2. The zero-order valence-corrected chi connectivity index (χ0v) is 12.7. The molecule has 1 aromatic rings. The van der Waals surface area contributed by atoms with Crippen molar-refractivity contribution in [2.45, 2.75) is 31.9 Å². The van der Waals surface area contributed by atoms with Crippen molar-refractivity contribution in [1.29, 1.82) is 0 Å². The number of ether oxygens (including phenoxy) is 2. The number of carboxylic acids is 1. The highest BCUT2D eigenvalue weighted by Gasteiger charge is 2.23. The molecule has 0 heterocycles. The van der Waals surface area contributed by atoms with Crippen LogP contribution in [0.25, 0.3) is 0 Å². The van der Waals surface area contributed by atoms with Crippen LogP contribution in [-0.4, -0.2) is 36.2 Å². The number of aliphatic carboxylic acids is 1. The van der Waals surface area contributed by atoms with Gasteiger partial charge in [0.15, 0.2) is 6.10 Å². The first-order valence-electron chi connectivity index (χ1n) is 6.92. The third kappa shape index (κ3) is 5.47. The van der Waals surface area contributed by atoms with Crippen LogP contribution in [0.15, 0.2) is 36.9 Å². The van der Waals surface area contributed by atoms with Crippen molar-refractivity contribution in [2.75, 3.05) is 7.11 Å². The molecule has 0 fully saturated rings. The number of nitrogens with one attached hydrogen (secondary N) is 1. The normalized spacial score (nSPS) is 12.8. The number of benzene rings is 1. The molecule has 0 aliphatic rings. The summed E-state index contributed by atoms with van der Waals surface area (Å²) in [6.07, 6.45) is 1.60. The average molecular weight is 307 g/mol. The van der Waals surface area contributed by atoms with Gasteiger partial charge in [0.05, 0.1) is 7.11 Å². The Morgan fingerprint density at radius 1 is 1.32 bits per heavy atom. The summed E-state index contributed by atoms with van der Waals surface area (Å²) >= 11 is 0. The Morgan fingerprint density at radius 2 is 1.91 bits per heavy atom. The van der Waals surface area contributed by atoms with E-state index in [4.69, 9.17) is 14.6 Å². The van der Waals surface area contributed by atoms with Crippen LogP contribution in [0.2, 0.25) is 0 Å². The number of amides is 1. The van der Waals surface area contributed by atoms with Crippen molar-refractivity contribution in [3.63, 3.8) is 0 Å². The predicted molar refractivity (Wildman–Crippen MR) is 82.1 cm³/mol. The van der Waals surface area contributed by atoms with E-state index in [2.05, 4.69) is 11.9 Å². The summed E-state index contributed by atoms with van der Waals surface area (Å²) < 4.78 is 10.5. The van der Waals surface area contributed by atoms with E-state index in [0.29, 0.717) is 24.3 Å². The highest BCUT2D eigenvalue weighted by atomic mass is 16.5. The van der Waals surface area contributed by atoms with Crippen LogP contribution in [0.1, 0.15) is 19.8 Å². The van der Waals surface area contributed by atoms with E-state index in [-0.39, 0.29) is 0 Å². The molecule has 0 aliphatic heterocycles. The van der Waals surface area contributed by atoms with Crippen molar-refractivity contribution < 1.29 is 24.2 Å². The molecule has 2 N–H and O–H groups in total. The number of carboxylic acid groups (broad SMARTS) is 1. The van der Waals surface area contributed by atoms with Crippen LogP contribution >= 0.6 is 0 Å². The zero-order valence-electron chi connectivity index (χ0n) is 12.7. The molecule has 1 aromatic carbocycles. The Balaban J connectivity index is 2.58. The summed E-state index contributed by atoms with van der Waals surface area (Å²) in [6.45, 7) is 5.10. The minimum absolute atomic E-state index is 0.291. The summed E-state index contributed by atoms with van der Waals surface area (Å²) in [5, 5.41) is 11.5. The van der Waals surface area contributed by atoms with E-state index < -0.39 is 24.0 Å². The van der Waals surface area contributed by atoms with Crippen LogP contribution in [0, 0.1) is 0 Å². The quantitative estimate of drug-likeness (QED) is 0.682. The van der Waals surface area contributed by atoms with Crippen molar-refractivity contribution >= 4 is 11.9 Å². The lowest BCUT2D eigenvalue weighted by atomic mass is 10.1. The number of allylic oxidation sites excluding steroid dienone is 1. The zero-order chi connectivity index (χ0) is 16.5. The molecule has 0 bridgehead atoms. The van der Waals surface area contributed by atoms with Crippen molar-refractivity contribution in [3.8, 4) is 11.5 Å². The van der Waals surface area contributed by atoms with Gasteiger partial charge in [-0.25, -0.2) is 4.79 Å². The summed E-state index contributed by atoms with van der Waals surface area (Å²) in [4.78, 5) is 23.1. The Hall–Kier alpha value is -2.50. The summed E-state index contributed by atoms with van der Waals surface area (Å²) in [6, 6.07) is 5.82. The summed E-state index contributed by atoms with van der Waals surface area (Å²) in [5.74, 6) is -0.375. The monoisotopic (exact) mass is 307 g/mol. The first-order valence-corrected chi connectivity index (χ1v) is 6.92. The molecular formula is C16H21NO5. The number of hydrogen-bond donors (Lipinski definition) is 2. The minimum atomic E-state index is -1.08. The Morgan fingerprint density at radius 3 is 2.41 bits per heavy atom. The van der Waals surface area contributed by atoms with Crippen molar-refractivity contribution in [1.82, 2.24) is 5.32 Å². The van der Waals surface area contributed by atoms with Crippen molar-refractivity contribution in [3.05, 3.63) is 36.9 Å². The van der Waals surface area contributed by atoms with Gasteiger partial charge in [0.25, 0.3) is 5.91 Å². The van der Waals surface area contributed by atoms with Gasteiger partial charge in [0, 0.05) is 0 Å². The second-order valence-corrected chi connectivity index (χ2v) is 4.70. The van der Waals surface area contributed by atoms with Crippen LogP contribution in [0.5, 0.6) is 11.5 Å². The van der Waals surface area contributed by atoms with E-state index in [1.54, 1.807) is 44.4 Å². The molecule has 2 atom stereocenters. The largest absolute Gasteiger partial charge is 0.497 e. The highest BCUT2D eigenvalue weighted by molar-refractivity contribution is 5.86. The molecule has 22 heavy (non-hydrogen) atoms. The second kappa shape index (κ2) is 8.71. The molecule has 1 amide bonds. The fourth-order valence-corrected chi connectivity index (χ4v) is 1.74. The molecule has 6 nitrogen and oxygen atoms in total. The fourth-order valence-electron chi connectivity index (χ4n) is 1.74. The molecule has 0 spiro atoms. The Bertz CT molecular complexity index is 512. The van der Waals surface area contributed by atoms with Gasteiger partial charge >= 0.3 is 5.97 Å². The minimum Gasteiger partial charge on any atom is -0.497 e. The standard InChI is InChI=1S/C16H21NO5/c1-4-5-6-14(16(19)20)17-15(18)11(2)22-13-9-7-12(21-3)8-10-13/h4,7-11,14H,1,5-6H2,2-3H3,(H,17,18)(H,19,20). The lowest BCUT2D eigenvalue weighted by Crippen LogP contribution is -2.46. The number of rotatable bonds is 9. The molecule has 0 radical (unpaired) electrons. The van der Waals surface area contributed by atoms with Gasteiger partial charge < -0.3 is 19.9 Å². The van der Waals surface area contributed by atoms with Gasteiger partial charge in [-0.15, -0.1) is 6.58 Å². The van der Waals surface area contributed by atoms with E-state index in [0.717, 1.165) is 0 Å². The van der Waals surface area contributed by atoms with Crippen LogP contribution in [0.4, 0.5) is 0 Å². The molecule has 6 heteroatoms. The maximum absolute atomic E-state index is 12.0. The lowest BCUT2D eigenvalue weighted by molar-refractivity contribution is -0.143. The molecule has 1 rings (SSSR count). The molecule has 120 valence electrons. The second-order valence-electron chi connectivity index (χ2n) is 4.70. The van der Waals surface area contributed by atoms with E-state index in [1.165, 1.54) is 0 Å². The molecule has 2 unspecified atom stereocenters. The van der Waals surface area contributed by atoms with Crippen LogP contribution in [0.3, 0.4) is 0 Å². The Labute approximate surface area is 129 Å². The number of hydrogen-bond acceptors (Lipinski definition) is 4. The maximum Gasteiger partial charge on any atom is 0.326 e. The first kappa shape index (κ1) is 17.6. The molecular weight excluding hydrogens is 286 g/mol. The third-order valence-corrected chi connectivity index (χ3v) is 3.02. The number of carbonyl (C=O) groups excluding carboxylic acids is 1. The first-order chi connectivity index (χ1) is 10.5. The van der Waals surface area contributed by atoms with Crippen molar-refractivity contribution in [2.24, 2.45) is 0 Å². The topological polar surface area (TPSA) is 84.9 Å². The van der Waals surface area contributed by atoms with Crippen LogP contribution in [-0.2, 0) is 9.59 Å². The summed E-state index contributed by atoms with van der Waals surface area (Å²) in [5.41, 5.74) is 0. The van der Waals surface area contributed by atoms with Crippen LogP contribution < -0.4 is 14.8 Å². The summed E-state index contributed by atoms with van der Waals surface area (Å²) in [7, 11) is 1.56. The van der Waals surface area contributed by atoms with Gasteiger partial charge in [0.2, 0.25) is 0 Å². The SMILES string of the molecule is C=CCCC(NC(=O)C(C)Oc1ccc(OC)cc1)C(=O)O. The highest BCUT2D eigenvalue weighted by Crippen LogP contribution is 2.18. The molecule has 0 aliphatic carbocycles. The number of methoxy groups -OCH3 is 1. The van der Waals surface area contributed by atoms with Gasteiger partial charge in [-0.1, -0.05) is 6.08 Å². The van der Waals surface area contributed by atoms with Gasteiger partial charge in [-0.2, -0.15) is 0 Å². The Kier molecular flexibility index (Phi) is 6.95. The third-order valence-electron chi connectivity index (χ3n) is 3.02. The maximum atomic E-state index is 12.0. The predicted octanol–water partition coefficient (Wildman–Crippen LogP) is 2.00. The average Bonchev–Trinajstić information content (AvgIpc) is 2.51. The fraction of sp³-hybridized carbons (Fsp3) is 0.375. The van der Waals surface area contributed by atoms with E-state index in [9.17, 15) is 9.59 Å². The van der Waals surface area contributed by atoms with Gasteiger partial charge in [-0.3, -0.25) is 4.79 Å². The lowest BCUT2D eigenvalue weighted by Gasteiger charge is -2.18. The molecule has 0 aromatic heterocycles. The smallest absolute Gasteiger partial charge is 0.326 e. The van der Waals surface area contributed by atoms with E-state index in [1.807, 2.05) is 0 Å². The molecule has 0 saturated carbocycles. The van der Waals surface area contributed by atoms with Gasteiger partial charge in [-0.05, 0) is 44.0 Å².